The topological polar surface area (TPSA) is 43.8 Å². The highest BCUT2D eigenvalue weighted by Crippen LogP contribution is 2.31. The molecule has 1 aromatic carbocycles. The molecule has 0 saturated carbocycles. The standard InChI is InChI=1S/C20H24F3N5/c1-15-5-4-8-25-18(15)14-26-19(24-2)28-11-9-27(10-12-28)17-7-3-6-16(13-17)20(21,22)23/h3-8,13H,9-12,14H2,1-2H3,(H,24,26). The van der Waals surface area contributed by atoms with Gasteiger partial charge in [0, 0.05) is 45.1 Å². The second-order valence-corrected chi connectivity index (χ2v) is 6.69. The van der Waals surface area contributed by atoms with E-state index in [-0.39, 0.29) is 0 Å². The Hall–Kier alpha value is -2.77. The second-order valence-electron chi connectivity index (χ2n) is 6.69. The molecule has 1 saturated heterocycles. The Morgan fingerprint density at radius 1 is 1.14 bits per heavy atom. The van der Waals surface area contributed by atoms with Crippen molar-refractivity contribution in [3.8, 4) is 0 Å². The number of piperazine rings is 1. The van der Waals surface area contributed by atoms with Gasteiger partial charge in [-0.15, -0.1) is 0 Å². The van der Waals surface area contributed by atoms with E-state index in [2.05, 4.69) is 20.2 Å². The Bertz CT molecular complexity index is 827. The van der Waals surface area contributed by atoms with E-state index in [4.69, 9.17) is 0 Å². The van der Waals surface area contributed by atoms with E-state index in [1.807, 2.05) is 24.0 Å². The van der Waals surface area contributed by atoms with Crippen molar-refractivity contribution in [3.63, 3.8) is 0 Å². The molecule has 3 rings (SSSR count). The monoisotopic (exact) mass is 391 g/mol. The van der Waals surface area contributed by atoms with E-state index < -0.39 is 11.7 Å². The molecule has 150 valence electrons. The predicted molar refractivity (Wildman–Crippen MR) is 104 cm³/mol. The summed E-state index contributed by atoms with van der Waals surface area (Å²) in [6, 6.07) is 9.42. The third-order valence-electron chi connectivity index (χ3n) is 4.86. The zero-order valence-corrected chi connectivity index (χ0v) is 16.0. The van der Waals surface area contributed by atoms with Gasteiger partial charge >= 0.3 is 6.18 Å². The molecule has 2 aromatic rings. The van der Waals surface area contributed by atoms with E-state index in [0.29, 0.717) is 38.4 Å². The molecule has 0 unspecified atom stereocenters. The van der Waals surface area contributed by atoms with Gasteiger partial charge in [0.25, 0.3) is 0 Å². The molecular weight excluding hydrogens is 367 g/mol. The molecule has 1 N–H and O–H groups in total. The first kappa shape index (κ1) is 20.0. The van der Waals surface area contributed by atoms with Crippen LogP contribution in [-0.2, 0) is 12.7 Å². The third-order valence-corrected chi connectivity index (χ3v) is 4.86. The van der Waals surface area contributed by atoms with Crippen LogP contribution in [0.3, 0.4) is 0 Å². The number of nitrogens with zero attached hydrogens (tertiary/aromatic N) is 4. The molecule has 1 aliphatic heterocycles. The van der Waals surface area contributed by atoms with E-state index in [9.17, 15) is 13.2 Å². The van der Waals surface area contributed by atoms with E-state index in [1.165, 1.54) is 12.1 Å². The average molecular weight is 391 g/mol. The Balaban J connectivity index is 1.59. The lowest BCUT2D eigenvalue weighted by Crippen LogP contribution is -2.52. The summed E-state index contributed by atoms with van der Waals surface area (Å²) in [6.07, 6.45) is -2.56. The maximum atomic E-state index is 12.9. The highest BCUT2D eigenvalue weighted by molar-refractivity contribution is 5.80. The van der Waals surface area contributed by atoms with Crippen molar-refractivity contribution in [1.82, 2.24) is 15.2 Å². The number of aromatic nitrogens is 1. The molecule has 0 atom stereocenters. The lowest BCUT2D eigenvalue weighted by molar-refractivity contribution is -0.137. The summed E-state index contributed by atoms with van der Waals surface area (Å²) in [5.41, 5.74) is 2.06. The first-order chi connectivity index (χ1) is 13.4. The highest BCUT2D eigenvalue weighted by Gasteiger charge is 2.31. The van der Waals surface area contributed by atoms with Gasteiger partial charge in [-0.25, -0.2) is 0 Å². The number of guanidine groups is 1. The number of nitrogens with one attached hydrogen (secondary N) is 1. The number of hydrogen-bond donors (Lipinski definition) is 1. The van der Waals surface area contributed by atoms with Crippen molar-refractivity contribution >= 4 is 11.6 Å². The van der Waals surface area contributed by atoms with E-state index in [0.717, 1.165) is 23.3 Å². The number of aryl methyl sites for hydroxylation is 1. The third kappa shape index (κ3) is 4.74. The summed E-state index contributed by atoms with van der Waals surface area (Å²) < 4.78 is 38.8. The van der Waals surface area contributed by atoms with Crippen LogP contribution in [0.2, 0.25) is 0 Å². The van der Waals surface area contributed by atoms with Crippen LogP contribution >= 0.6 is 0 Å². The molecule has 0 aliphatic carbocycles. The van der Waals surface area contributed by atoms with Crippen molar-refractivity contribution in [1.29, 1.82) is 0 Å². The van der Waals surface area contributed by atoms with Crippen LogP contribution in [0.5, 0.6) is 0 Å². The van der Waals surface area contributed by atoms with Gasteiger partial charge < -0.3 is 15.1 Å². The normalized spacial score (nSPS) is 15.7. The quantitative estimate of drug-likeness (QED) is 0.644. The molecule has 1 fully saturated rings. The van der Waals surface area contributed by atoms with Gasteiger partial charge in [0.15, 0.2) is 5.96 Å². The number of aliphatic imine (C=N–C) groups is 1. The fourth-order valence-electron chi connectivity index (χ4n) is 3.25. The van der Waals surface area contributed by atoms with Crippen molar-refractivity contribution in [3.05, 3.63) is 59.4 Å². The van der Waals surface area contributed by atoms with Gasteiger partial charge in [0.2, 0.25) is 0 Å². The molecule has 0 bridgehead atoms. The molecule has 1 aliphatic rings. The SMILES string of the molecule is CN=C(NCc1ncccc1C)N1CCN(c2cccc(C(F)(F)F)c2)CC1. The number of hydrogen-bond acceptors (Lipinski definition) is 3. The maximum absolute atomic E-state index is 12.9. The molecule has 0 spiro atoms. The molecule has 2 heterocycles. The minimum absolute atomic E-state index is 0.577. The Labute approximate surface area is 162 Å². The number of halogens is 3. The van der Waals surface area contributed by atoms with Crippen molar-refractivity contribution in [2.45, 2.75) is 19.6 Å². The molecule has 1 aromatic heterocycles. The van der Waals surface area contributed by atoms with Crippen LogP contribution in [0.25, 0.3) is 0 Å². The number of rotatable bonds is 3. The van der Waals surface area contributed by atoms with Gasteiger partial charge in [0.05, 0.1) is 17.8 Å². The van der Waals surface area contributed by atoms with Gasteiger partial charge in [-0.3, -0.25) is 9.98 Å². The summed E-state index contributed by atoms with van der Waals surface area (Å²) in [5, 5.41) is 3.33. The average Bonchev–Trinajstić information content (AvgIpc) is 2.70. The lowest BCUT2D eigenvalue weighted by Gasteiger charge is -2.37. The van der Waals surface area contributed by atoms with E-state index >= 15 is 0 Å². The first-order valence-corrected chi connectivity index (χ1v) is 9.17. The van der Waals surface area contributed by atoms with Crippen molar-refractivity contribution < 1.29 is 13.2 Å². The Kier molecular flexibility index (Phi) is 6.06. The molecular formula is C20H24F3N5. The van der Waals surface area contributed by atoms with Gasteiger partial charge in [0.1, 0.15) is 0 Å². The lowest BCUT2D eigenvalue weighted by atomic mass is 10.1. The van der Waals surface area contributed by atoms with Crippen LogP contribution in [0.1, 0.15) is 16.8 Å². The second kappa shape index (κ2) is 8.50. The zero-order chi connectivity index (χ0) is 20.1. The fraction of sp³-hybridized carbons (Fsp3) is 0.400. The van der Waals surface area contributed by atoms with Crippen LogP contribution in [0.15, 0.2) is 47.6 Å². The molecule has 8 heteroatoms. The summed E-state index contributed by atoms with van der Waals surface area (Å²) in [6.45, 7) is 5.21. The van der Waals surface area contributed by atoms with Crippen LogP contribution in [0, 0.1) is 6.92 Å². The fourth-order valence-corrected chi connectivity index (χ4v) is 3.25. The van der Waals surface area contributed by atoms with Crippen molar-refractivity contribution in [2.24, 2.45) is 4.99 Å². The zero-order valence-electron chi connectivity index (χ0n) is 16.0. The Morgan fingerprint density at radius 3 is 2.54 bits per heavy atom. The highest BCUT2D eigenvalue weighted by atomic mass is 19.4. The number of pyridine rings is 1. The molecule has 0 amide bonds. The van der Waals surface area contributed by atoms with Gasteiger partial charge in [-0.2, -0.15) is 13.2 Å². The summed E-state index contributed by atoms with van der Waals surface area (Å²) in [5.74, 6) is 0.772. The van der Waals surface area contributed by atoms with Crippen LogP contribution in [0.4, 0.5) is 18.9 Å². The minimum Gasteiger partial charge on any atom is -0.368 e. The Morgan fingerprint density at radius 2 is 1.89 bits per heavy atom. The van der Waals surface area contributed by atoms with Gasteiger partial charge in [-0.05, 0) is 36.8 Å². The van der Waals surface area contributed by atoms with Gasteiger partial charge in [-0.1, -0.05) is 12.1 Å². The summed E-state index contributed by atoms with van der Waals surface area (Å²) in [4.78, 5) is 12.8. The minimum atomic E-state index is -4.33. The van der Waals surface area contributed by atoms with Crippen molar-refractivity contribution in [2.75, 3.05) is 38.1 Å². The number of alkyl halides is 3. The number of anilines is 1. The molecule has 0 radical (unpaired) electrons. The van der Waals surface area contributed by atoms with Crippen LogP contribution < -0.4 is 10.2 Å². The predicted octanol–water partition coefficient (Wildman–Crippen LogP) is 3.31. The molecule has 5 nitrogen and oxygen atoms in total. The van der Waals surface area contributed by atoms with E-state index in [1.54, 1.807) is 19.3 Å². The smallest absolute Gasteiger partial charge is 0.368 e. The molecule has 28 heavy (non-hydrogen) atoms. The largest absolute Gasteiger partial charge is 0.416 e. The summed E-state index contributed by atoms with van der Waals surface area (Å²) in [7, 11) is 1.73. The number of benzene rings is 1. The maximum Gasteiger partial charge on any atom is 0.416 e. The summed E-state index contributed by atoms with van der Waals surface area (Å²) >= 11 is 0. The van der Waals surface area contributed by atoms with Crippen LogP contribution in [-0.4, -0.2) is 49.1 Å². The first-order valence-electron chi connectivity index (χ1n) is 9.17.